The van der Waals surface area contributed by atoms with Gasteiger partial charge in [0.05, 0.1) is 19.1 Å². The van der Waals surface area contributed by atoms with Gasteiger partial charge in [-0.05, 0) is 46.3 Å². The van der Waals surface area contributed by atoms with E-state index in [2.05, 4.69) is 24.2 Å². The molecular weight excluding hydrogens is 396 g/mol. The first kappa shape index (κ1) is 24.4. The number of likely N-dealkylation sites (tertiary alicyclic amines) is 1. The lowest BCUT2D eigenvalue weighted by molar-refractivity contribution is -0.202. The van der Waals surface area contributed by atoms with Crippen molar-refractivity contribution >= 4 is 11.9 Å². The Labute approximate surface area is 187 Å². The minimum absolute atomic E-state index is 0.0309. The molecule has 178 valence electrons. The number of ether oxygens (including phenoxy) is 2. The Kier molecular flexibility index (Phi) is 8.73. The number of carbonyl (C=O) groups is 2. The zero-order chi connectivity index (χ0) is 22.4. The Hall–Kier alpha value is -1.22. The van der Waals surface area contributed by atoms with Gasteiger partial charge in [-0.2, -0.15) is 0 Å². The van der Waals surface area contributed by atoms with Gasteiger partial charge in [-0.15, -0.1) is 0 Å². The van der Waals surface area contributed by atoms with Crippen molar-refractivity contribution in [2.45, 2.75) is 63.7 Å². The molecule has 3 fully saturated rings. The highest BCUT2D eigenvalue weighted by atomic mass is 16.7. The Morgan fingerprint density at radius 3 is 2.58 bits per heavy atom. The zero-order valence-corrected chi connectivity index (χ0v) is 19.9. The van der Waals surface area contributed by atoms with Gasteiger partial charge in [0.1, 0.15) is 0 Å². The van der Waals surface area contributed by atoms with Crippen LogP contribution < -0.4 is 5.32 Å². The first-order chi connectivity index (χ1) is 14.8. The van der Waals surface area contributed by atoms with Gasteiger partial charge in [-0.1, -0.05) is 19.8 Å². The standard InChI is InChI=1S/C23H42N4O4/c1-5-6-7-11-27(22(29)24-10-12-25(2)3)21(28)19-15-18-16-23(30-13-14-31-23)9-8-20(18)26(4)17-19/h18-20H,5-17H2,1-4H3,(H,24,29)/t18-,19-,20-/m1/s1. The maximum atomic E-state index is 13.5. The molecular formula is C23H42N4O4. The van der Waals surface area contributed by atoms with Crippen LogP contribution in [0.1, 0.15) is 51.9 Å². The number of unbranched alkanes of at least 4 members (excludes halogenated alkanes) is 2. The number of amides is 3. The number of fused-ring (bicyclic) bond motifs is 1. The summed E-state index contributed by atoms with van der Waals surface area (Å²) in [6.45, 7) is 5.94. The van der Waals surface area contributed by atoms with Crippen LogP contribution in [-0.2, 0) is 14.3 Å². The van der Waals surface area contributed by atoms with Gasteiger partial charge in [0.25, 0.3) is 0 Å². The normalized spacial score (nSPS) is 28.0. The van der Waals surface area contributed by atoms with Crippen molar-refractivity contribution in [1.82, 2.24) is 20.0 Å². The van der Waals surface area contributed by atoms with Crippen molar-refractivity contribution in [3.05, 3.63) is 0 Å². The average molecular weight is 439 g/mol. The van der Waals surface area contributed by atoms with E-state index in [9.17, 15) is 9.59 Å². The molecule has 3 amide bonds. The summed E-state index contributed by atoms with van der Waals surface area (Å²) in [6.07, 6.45) is 6.53. The number of nitrogens with zero attached hydrogens (tertiary/aromatic N) is 3. The van der Waals surface area contributed by atoms with Crippen LogP contribution in [0.25, 0.3) is 0 Å². The van der Waals surface area contributed by atoms with Gasteiger partial charge < -0.3 is 24.6 Å². The summed E-state index contributed by atoms with van der Waals surface area (Å²) in [4.78, 5) is 32.2. The van der Waals surface area contributed by atoms with E-state index in [1.54, 1.807) is 0 Å². The molecule has 0 radical (unpaired) electrons. The number of hydrogen-bond acceptors (Lipinski definition) is 6. The van der Waals surface area contributed by atoms with Crippen LogP contribution in [0.2, 0.25) is 0 Å². The SMILES string of the molecule is CCCCCN(C(=O)NCCN(C)C)C(=O)[C@@H]1C[C@@H]2CC3(CC[C@H]2N(C)C1)OCCO3. The zero-order valence-electron chi connectivity index (χ0n) is 19.9. The molecule has 3 rings (SSSR count). The summed E-state index contributed by atoms with van der Waals surface area (Å²) in [5, 5.41) is 2.94. The minimum Gasteiger partial charge on any atom is -0.348 e. The van der Waals surface area contributed by atoms with Crippen molar-refractivity contribution in [3.8, 4) is 0 Å². The predicted octanol–water partition coefficient (Wildman–Crippen LogP) is 2.14. The van der Waals surface area contributed by atoms with Gasteiger partial charge in [-0.25, -0.2) is 4.79 Å². The molecule has 1 spiro atoms. The second-order valence-corrected chi connectivity index (χ2v) is 9.78. The maximum Gasteiger partial charge on any atom is 0.324 e. The molecule has 1 N–H and O–H groups in total. The lowest BCUT2D eigenvalue weighted by atomic mass is 9.72. The highest BCUT2D eigenvalue weighted by molar-refractivity contribution is 5.95. The summed E-state index contributed by atoms with van der Waals surface area (Å²) < 4.78 is 11.9. The van der Waals surface area contributed by atoms with Crippen LogP contribution in [0.3, 0.4) is 0 Å². The van der Waals surface area contributed by atoms with Crippen LogP contribution in [0.4, 0.5) is 4.79 Å². The number of piperidine rings is 1. The number of rotatable bonds is 8. The molecule has 0 aromatic heterocycles. The van der Waals surface area contributed by atoms with Crippen molar-refractivity contribution in [2.75, 3.05) is 60.5 Å². The Morgan fingerprint density at radius 2 is 1.90 bits per heavy atom. The highest BCUT2D eigenvalue weighted by Crippen LogP contribution is 2.45. The van der Waals surface area contributed by atoms with Crippen LogP contribution in [0, 0.1) is 11.8 Å². The van der Waals surface area contributed by atoms with Crippen molar-refractivity contribution < 1.29 is 19.1 Å². The number of imide groups is 1. The highest BCUT2D eigenvalue weighted by Gasteiger charge is 2.49. The van der Waals surface area contributed by atoms with E-state index < -0.39 is 5.79 Å². The molecule has 3 aliphatic rings. The third kappa shape index (κ3) is 6.18. The number of hydrogen-bond donors (Lipinski definition) is 1. The molecule has 0 bridgehead atoms. The first-order valence-electron chi connectivity index (χ1n) is 12.1. The predicted molar refractivity (Wildman–Crippen MR) is 120 cm³/mol. The minimum atomic E-state index is -0.447. The number of urea groups is 1. The first-order valence-corrected chi connectivity index (χ1v) is 12.1. The number of likely N-dealkylation sites (N-methyl/N-ethyl adjacent to an activating group) is 1. The summed E-state index contributed by atoms with van der Waals surface area (Å²) >= 11 is 0. The van der Waals surface area contributed by atoms with E-state index in [1.165, 1.54) is 4.90 Å². The summed E-state index contributed by atoms with van der Waals surface area (Å²) in [7, 11) is 6.06. The van der Waals surface area contributed by atoms with Gasteiger partial charge in [0, 0.05) is 45.1 Å². The molecule has 1 aliphatic carbocycles. The molecule has 0 aromatic carbocycles. The smallest absolute Gasteiger partial charge is 0.324 e. The van der Waals surface area contributed by atoms with Crippen LogP contribution in [0.15, 0.2) is 0 Å². The average Bonchev–Trinajstić information content (AvgIpc) is 3.17. The lowest BCUT2D eigenvalue weighted by Crippen LogP contribution is -2.57. The molecule has 8 heteroatoms. The molecule has 0 aromatic rings. The summed E-state index contributed by atoms with van der Waals surface area (Å²) in [5.41, 5.74) is 0. The quantitative estimate of drug-likeness (QED) is 0.586. The van der Waals surface area contributed by atoms with E-state index >= 15 is 0 Å². The molecule has 2 heterocycles. The van der Waals surface area contributed by atoms with Gasteiger partial charge in [0.15, 0.2) is 5.79 Å². The molecule has 1 saturated carbocycles. The summed E-state index contributed by atoms with van der Waals surface area (Å²) in [6, 6.07) is 0.209. The van der Waals surface area contributed by atoms with Gasteiger partial charge in [0.2, 0.25) is 5.91 Å². The second kappa shape index (κ2) is 11.1. The van der Waals surface area contributed by atoms with E-state index in [4.69, 9.17) is 9.47 Å². The van der Waals surface area contributed by atoms with Gasteiger partial charge >= 0.3 is 6.03 Å². The third-order valence-corrected chi connectivity index (χ3v) is 7.09. The van der Waals surface area contributed by atoms with E-state index in [0.29, 0.717) is 44.8 Å². The van der Waals surface area contributed by atoms with Crippen molar-refractivity contribution in [2.24, 2.45) is 11.8 Å². The topological polar surface area (TPSA) is 74.4 Å². The van der Waals surface area contributed by atoms with Crippen molar-refractivity contribution in [1.29, 1.82) is 0 Å². The van der Waals surface area contributed by atoms with Crippen LogP contribution in [-0.4, -0.2) is 99.0 Å². The fraction of sp³-hybridized carbons (Fsp3) is 0.913. The maximum absolute atomic E-state index is 13.5. The Bertz CT molecular complexity index is 608. The van der Waals surface area contributed by atoms with Crippen molar-refractivity contribution in [3.63, 3.8) is 0 Å². The molecule has 8 nitrogen and oxygen atoms in total. The largest absolute Gasteiger partial charge is 0.348 e. The monoisotopic (exact) mass is 438 g/mol. The second-order valence-electron chi connectivity index (χ2n) is 9.78. The molecule has 2 saturated heterocycles. The number of nitrogens with one attached hydrogen (secondary N) is 1. The lowest BCUT2D eigenvalue weighted by Gasteiger charge is -2.49. The fourth-order valence-electron chi connectivity index (χ4n) is 5.46. The molecule has 2 aliphatic heterocycles. The molecule has 3 atom stereocenters. The Balaban J connectivity index is 1.65. The van der Waals surface area contributed by atoms with Crippen LogP contribution >= 0.6 is 0 Å². The fourth-order valence-corrected chi connectivity index (χ4v) is 5.46. The molecule has 31 heavy (non-hydrogen) atoms. The van der Waals surface area contributed by atoms with E-state index in [-0.39, 0.29) is 17.9 Å². The molecule has 0 unspecified atom stereocenters. The van der Waals surface area contributed by atoms with E-state index in [1.807, 2.05) is 19.0 Å². The number of carbonyl (C=O) groups excluding carboxylic acids is 2. The van der Waals surface area contributed by atoms with Crippen LogP contribution in [0.5, 0.6) is 0 Å². The summed E-state index contributed by atoms with van der Waals surface area (Å²) in [5.74, 6) is -0.286. The third-order valence-electron chi connectivity index (χ3n) is 7.09. The Morgan fingerprint density at radius 1 is 1.16 bits per heavy atom. The van der Waals surface area contributed by atoms with E-state index in [0.717, 1.165) is 51.5 Å². The van der Waals surface area contributed by atoms with Gasteiger partial charge in [-0.3, -0.25) is 9.69 Å².